The molecule has 1 aromatic rings. The van der Waals surface area contributed by atoms with Crippen molar-refractivity contribution in [3.8, 4) is 0 Å². The summed E-state index contributed by atoms with van der Waals surface area (Å²) in [7, 11) is 0. The zero-order chi connectivity index (χ0) is 14.5. The maximum absolute atomic E-state index is 11.9. The van der Waals surface area contributed by atoms with Crippen molar-refractivity contribution in [1.82, 2.24) is 5.32 Å². The molecule has 0 radical (unpaired) electrons. The predicted molar refractivity (Wildman–Crippen MR) is 77.4 cm³/mol. The molecule has 2 amide bonds. The summed E-state index contributed by atoms with van der Waals surface area (Å²) in [5.74, 6) is -1.05. The number of halogens is 1. The molecule has 3 N–H and O–H groups in total. The van der Waals surface area contributed by atoms with Crippen LogP contribution < -0.4 is 10.6 Å². The fourth-order valence-corrected chi connectivity index (χ4v) is 2.57. The number of nitrogens with one attached hydrogen (secondary N) is 2. The topological polar surface area (TPSA) is 78.4 Å². The van der Waals surface area contributed by atoms with Crippen molar-refractivity contribution in [2.45, 2.75) is 38.1 Å². The van der Waals surface area contributed by atoms with Crippen LogP contribution in [-0.4, -0.2) is 23.1 Å². The summed E-state index contributed by atoms with van der Waals surface area (Å²) in [5, 5.41) is 14.6. The number of amides is 2. The summed E-state index contributed by atoms with van der Waals surface area (Å²) in [4.78, 5) is 22.6. The number of aromatic carboxylic acids is 1. The van der Waals surface area contributed by atoms with Crippen molar-refractivity contribution in [3.05, 3.63) is 28.8 Å². The van der Waals surface area contributed by atoms with Crippen LogP contribution in [0.5, 0.6) is 0 Å². The highest BCUT2D eigenvalue weighted by molar-refractivity contribution is 6.34. The standard InChI is InChI=1S/C14H17ClN2O3/c15-11-8-9(13(18)19)6-7-12(11)17-14(20)16-10-4-2-1-3-5-10/h6-8,10H,1-5H2,(H,18,19)(H2,16,17,20). The van der Waals surface area contributed by atoms with Crippen molar-refractivity contribution in [1.29, 1.82) is 0 Å². The van der Waals surface area contributed by atoms with Crippen molar-refractivity contribution in [2.24, 2.45) is 0 Å². The molecular formula is C14H17ClN2O3. The molecule has 0 heterocycles. The zero-order valence-electron chi connectivity index (χ0n) is 11.0. The summed E-state index contributed by atoms with van der Waals surface area (Å²) >= 11 is 5.95. The Morgan fingerprint density at radius 3 is 2.50 bits per heavy atom. The molecule has 1 aliphatic rings. The molecular weight excluding hydrogens is 280 g/mol. The van der Waals surface area contributed by atoms with Gasteiger partial charge in [0, 0.05) is 6.04 Å². The zero-order valence-corrected chi connectivity index (χ0v) is 11.7. The minimum absolute atomic E-state index is 0.0910. The van der Waals surface area contributed by atoms with Gasteiger partial charge in [-0.15, -0.1) is 0 Å². The first-order valence-electron chi connectivity index (χ1n) is 6.66. The molecule has 1 aliphatic carbocycles. The van der Waals surface area contributed by atoms with Gasteiger partial charge in [0.15, 0.2) is 0 Å². The van der Waals surface area contributed by atoms with Crippen LogP contribution in [0.15, 0.2) is 18.2 Å². The Balaban J connectivity index is 1.95. The second kappa shape index (κ2) is 6.61. The molecule has 2 rings (SSSR count). The Morgan fingerprint density at radius 1 is 1.20 bits per heavy atom. The quantitative estimate of drug-likeness (QED) is 0.799. The third-order valence-corrected chi connectivity index (χ3v) is 3.72. The normalized spacial score (nSPS) is 15.7. The Morgan fingerprint density at radius 2 is 1.90 bits per heavy atom. The Labute approximate surface area is 122 Å². The Kier molecular flexibility index (Phi) is 4.84. The lowest BCUT2D eigenvalue weighted by Gasteiger charge is -2.23. The smallest absolute Gasteiger partial charge is 0.335 e. The number of carbonyl (C=O) groups is 2. The summed E-state index contributed by atoms with van der Waals surface area (Å²) in [6.45, 7) is 0. The van der Waals surface area contributed by atoms with E-state index in [-0.39, 0.29) is 22.7 Å². The molecule has 0 saturated heterocycles. The van der Waals surface area contributed by atoms with Crippen molar-refractivity contribution in [2.75, 3.05) is 5.32 Å². The molecule has 0 atom stereocenters. The molecule has 1 fully saturated rings. The lowest BCUT2D eigenvalue weighted by Crippen LogP contribution is -2.39. The number of hydrogen-bond donors (Lipinski definition) is 3. The third-order valence-electron chi connectivity index (χ3n) is 3.40. The van der Waals surface area contributed by atoms with Gasteiger partial charge >= 0.3 is 12.0 Å². The Bertz CT molecular complexity index is 513. The summed E-state index contributed by atoms with van der Waals surface area (Å²) in [6.07, 6.45) is 5.50. The van der Waals surface area contributed by atoms with E-state index in [0.717, 1.165) is 25.7 Å². The van der Waals surface area contributed by atoms with Crippen LogP contribution in [0, 0.1) is 0 Å². The van der Waals surface area contributed by atoms with Crippen LogP contribution in [0.25, 0.3) is 0 Å². The van der Waals surface area contributed by atoms with Gasteiger partial charge in [-0.1, -0.05) is 30.9 Å². The first-order valence-corrected chi connectivity index (χ1v) is 7.04. The van der Waals surface area contributed by atoms with E-state index >= 15 is 0 Å². The number of anilines is 1. The molecule has 0 aliphatic heterocycles. The van der Waals surface area contributed by atoms with E-state index in [0.29, 0.717) is 5.69 Å². The summed E-state index contributed by atoms with van der Waals surface area (Å²) in [5.41, 5.74) is 0.498. The molecule has 0 aromatic heterocycles. The summed E-state index contributed by atoms with van der Waals surface area (Å²) < 4.78 is 0. The molecule has 0 bridgehead atoms. The average Bonchev–Trinajstić information content (AvgIpc) is 2.42. The van der Waals surface area contributed by atoms with Crippen LogP contribution in [0.4, 0.5) is 10.5 Å². The molecule has 1 aromatic carbocycles. The monoisotopic (exact) mass is 296 g/mol. The van der Waals surface area contributed by atoms with Crippen molar-refractivity contribution in [3.63, 3.8) is 0 Å². The second-order valence-electron chi connectivity index (χ2n) is 4.93. The van der Waals surface area contributed by atoms with Crippen LogP contribution in [0.3, 0.4) is 0 Å². The van der Waals surface area contributed by atoms with E-state index in [4.69, 9.17) is 16.7 Å². The van der Waals surface area contributed by atoms with E-state index in [1.165, 1.54) is 24.6 Å². The fourth-order valence-electron chi connectivity index (χ4n) is 2.34. The lowest BCUT2D eigenvalue weighted by molar-refractivity contribution is 0.0697. The van der Waals surface area contributed by atoms with Gasteiger partial charge < -0.3 is 15.7 Å². The van der Waals surface area contributed by atoms with Crippen molar-refractivity contribution >= 4 is 29.3 Å². The highest BCUT2D eigenvalue weighted by atomic mass is 35.5. The van der Waals surface area contributed by atoms with Gasteiger partial charge in [0.2, 0.25) is 0 Å². The largest absolute Gasteiger partial charge is 0.478 e. The minimum atomic E-state index is -1.05. The molecule has 6 heteroatoms. The van der Waals surface area contributed by atoms with Gasteiger partial charge in [0.1, 0.15) is 0 Å². The summed E-state index contributed by atoms with van der Waals surface area (Å²) in [6, 6.07) is 4.12. The maximum atomic E-state index is 11.9. The Hall–Kier alpha value is -1.75. The van der Waals surface area contributed by atoms with Crippen molar-refractivity contribution < 1.29 is 14.7 Å². The van der Waals surface area contributed by atoms with Crippen LogP contribution in [0.2, 0.25) is 5.02 Å². The lowest BCUT2D eigenvalue weighted by atomic mass is 9.96. The number of carboxylic acid groups (broad SMARTS) is 1. The maximum Gasteiger partial charge on any atom is 0.335 e. The van der Waals surface area contributed by atoms with Gasteiger partial charge in [0.25, 0.3) is 0 Å². The average molecular weight is 297 g/mol. The molecule has 108 valence electrons. The number of carboxylic acids is 1. The predicted octanol–water partition coefficient (Wildman–Crippen LogP) is 3.49. The number of carbonyl (C=O) groups excluding carboxylic acids is 1. The molecule has 0 unspecified atom stereocenters. The molecule has 1 saturated carbocycles. The van der Waals surface area contributed by atoms with Crippen LogP contribution in [0.1, 0.15) is 42.5 Å². The SMILES string of the molecule is O=C(Nc1ccc(C(=O)O)cc1Cl)NC1CCCCC1. The molecule has 20 heavy (non-hydrogen) atoms. The third kappa shape index (κ3) is 3.87. The number of hydrogen-bond acceptors (Lipinski definition) is 2. The van der Waals surface area contributed by atoms with E-state index in [1.54, 1.807) is 0 Å². The second-order valence-corrected chi connectivity index (χ2v) is 5.34. The van der Waals surface area contributed by atoms with Gasteiger partial charge in [-0.3, -0.25) is 0 Å². The number of rotatable bonds is 3. The van der Waals surface area contributed by atoms with E-state index in [1.807, 2.05) is 0 Å². The van der Waals surface area contributed by atoms with Crippen LogP contribution in [-0.2, 0) is 0 Å². The minimum Gasteiger partial charge on any atom is -0.478 e. The van der Waals surface area contributed by atoms with E-state index < -0.39 is 5.97 Å². The highest BCUT2D eigenvalue weighted by Crippen LogP contribution is 2.23. The number of benzene rings is 1. The highest BCUT2D eigenvalue weighted by Gasteiger charge is 2.16. The van der Waals surface area contributed by atoms with Gasteiger partial charge in [-0.2, -0.15) is 0 Å². The molecule has 5 nitrogen and oxygen atoms in total. The van der Waals surface area contributed by atoms with Crippen LogP contribution >= 0.6 is 11.6 Å². The van der Waals surface area contributed by atoms with Gasteiger partial charge in [0.05, 0.1) is 16.3 Å². The first-order chi connectivity index (χ1) is 9.56. The fraction of sp³-hybridized carbons (Fsp3) is 0.429. The van der Waals surface area contributed by atoms with E-state index in [9.17, 15) is 9.59 Å². The van der Waals surface area contributed by atoms with E-state index in [2.05, 4.69) is 10.6 Å². The van der Waals surface area contributed by atoms with Gasteiger partial charge in [-0.05, 0) is 31.0 Å². The molecule has 0 spiro atoms. The van der Waals surface area contributed by atoms with Gasteiger partial charge in [-0.25, -0.2) is 9.59 Å². The number of urea groups is 1. The first kappa shape index (κ1) is 14.7.